The Morgan fingerprint density at radius 3 is 2.69 bits per heavy atom. The highest BCUT2D eigenvalue weighted by Gasteiger charge is 2.16. The number of nitrogens with one attached hydrogen (secondary N) is 2. The third-order valence-electron chi connectivity index (χ3n) is 6.17. The molecule has 4 aromatic rings. The Kier molecular flexibility index (Phi) is 6.55. The summed E-state index contributed by atoms with van der Waals surface area (Å²) in [7, 11) is 2.09. The van der Waals surface area contributed by atoms with Gasteiger partial charge in [0.05, 0.1) is 16.9 Å². The minimum absolute atomic E-state index is 0.275. The van der Waals surface area contributed by atoms with E-state index in [9.17, 15) is 9.18 Å². The fraction of sp³-hybridized carbons (Fsp3) is 0.185. The number of likely N-dealkylation sites (N-methyl/N-ethyl adjacent to an activating group) is 1. The van der Waals surface area contributed by atoms with Crippen molar-refractivity contribution in [2.45, 2.75) is 0 Å². The molecule has 0 radical (unpaired) electrons. The number of nitrogens with zero attached hydrogens (tertiary/aromatic N) is 5. The number of fused-ring (bicyclic) bond motifs is 1. The van der Waals surface area contributed by atoms with Crippen molar-refractivity contribution in [3.63, 3.8) is 0 Å². The van der Waals surface area contributed by atoms with Crippen molar-refractivity contribution in [2.24, 2.45) is 0 Å². The Bertz CT molecular complexity index is 1430. The number of carbonyl (C=O) groups is 1. The summed E-state index contributed by atoms with van der Waals surface area (Å²) in [5.41, 5.74) is 3.81. The van der Waals surface area contributed by atoms with E-state index in [1.807, 2.05) is 24.3 Å². The lowest BCUT2D eigenvalue weighted by molar-refractivity contribution is -0.111. The average molecular weight is 484 g/mol. The summed E-state index contributed by atoms with van der Waals surface area (Å²) in [4.78, 5) is 29.6. The third-order valence-corrected chi connectivity index (χ3v) is 6.17. The first-order chi connectivity index (χ1) is 17.5. The van der Waals surface area contributed by atoms with Crippen LogP contribution in [0.2, 0.25) is 0 Å². The van der Waals surface area contributed by atoms with Gasteiger partial charge in [0.15, 0.2) is 0 Å². The quantitative estimate of drug-likeness (QED) is 0.392. The van der Waals surface area contributed by atoms with Gasteiger partial charge >= 0.3 is 0 Å². The van der Waals surface area contributed by atoms with Crippen molar-refractivity contribution < 1.29 is 9.18 Å². The summed E-state index contributed by atoms with van der Waals surface area (Å²) in [5.74, 6) is -0.396. The summed E-state index contributed by atoms with van der Waals surface area (Å²) in [6, 6.07) is 14.3. The molecule has 5 rings (SSSR count). The van der Waals surface area contributed by atoms with E-state index in [1.54, 1.807) is 36.7 Å². The van der Waals surface area contributed by atoms with Gasteiger partial charge in [0.25, 0.3) is 0 Å². The molecule has 0 saturated carbocycles. The number of amides is 1. The summed E-state index contributed by atoms with van der Waals surface area (Å²) in [5, 5.41) is 6.57. The van der Waals surface area contributed by atoms with Gasteiger partial charge in [-0.2, -0.15) is 0 Å². The number of aromatic nitrogens is 3. The van der Waals surface area contributed by atoms with E-state index in [0.29, 0.717) is 22.6 Å². The van der Waals surface area contributed by atoms with Crippen molar-refractivity contribution in [1.29, 1.82) is 0 Å². The minimum Gasteiger partial charge on any atom is -0.369 e. The van der Waals surface area contributed by atoms with Crippen LogP contribution in [0.4, 0.5) is 27.4 Å². The van der Waals surface area contributed by atoms with Gasteiger partial charge in [0.2, 0.25) is 11.9 Å². The average Bonchev–Trinajstić information content (AvgIpc) is 2.90. The predicted octanol–water partition coefficient (Wildman–Crippen LogP) is 4.45. The molecular weight excluding hydrogens is 457 g/mol. The molecule has 2 aromatic carbocycles. The van der Waals surface area contributed by atoms with Gasteiger partial charge in [0.1, 0.15) is 5.82 Å². The summed E-state index contributed by atoms with van der Waals surface area (Å²) < 4.78 is 15.0. The lowest BCUT2D eigenvalue weighted by Gasteiger charge is -2.34. The van der Waals surface area contributed by atoms with Crippen molar-refractivity contribution in [3.05, 3.63) is 79.4 Å². The van der Waals surface area contributed by atoms with Gasteiger partial charge in [-0.25, -0.2) is 14.4 Å². The van der Waals surface area contributed by atoms with Gasteiger partial charge in [-0.1, -0.05) is 24.8 Å². The van der Waals surface area contributed by atoms with Gasteiger partial charge in [-0.05, 0) is 43.5 Å². The van der Waals surface area contributed by atoms with Crippen molar-refractivity contribution >= 4 is 39.8 Å². The first-order valence-corrected chi connectivity index (χ1v) is 11.7. The van der Waals surface area contributed by atoms with E-state index in [0.717, 1.165) is 42.8 Å². The van der Waals surface area contributed by atoms with Crippen LogP contribution in [0.25, 0.3) is 22.2 Å². The molecule has 0 spiro atoms. The number of carbonyl (C=O) groups excluding carboxylic acids is 1. The summed E-state index contributed by atoms with van der Waals surface area (Å²) >= 11 is 0. The van der Waals surface area contributed by atoms with Gasteiger partial charge < -0.3 is 20.4 Å². The zero-order valence-corrected chi connectivity index (χ0v) is 19.9. The SMILES string of the molecule is C=CC(=O)Nc1ccnc(-c2cccc3cnc(Nc4ccc(N5CCN(C)CC5)cc4F)nc23)c1. The molecule has 0 aliphatic carbocycles. The van der Waals surface area contributed by atoms with Crippen molar-refractivity contribution in [3.8, 4) is 11.3 Å². The molecule has 2 aromatic heterocycles. The standard InChI is InChI=1S/C27H26FN7O/c1-3-25(36)31-19-9-10-29-24(15-19)21-6-4-5-18-17-30-27(33-26(18)21)32-23-8-7-20(16-22(23)28)35-13-11-34(2)12-14-35/h3-10,15-17H,1,11-14H2,2H3,(H,29,31,36)(H,30,32,33). The normalized spacial score (nSPS) is 14.0. The topological polar surface area (TPSA) is 86.3 Å². The van der Waals surface area contributed by atoms with Crippen LogP contribution in [0.5, 0.6) is 0 Å². The van der Waals surface area contributed by atoms with Crippen LogP contribution in [0.15, 0.2) is 73.6 Å². The Labute approximate surface area is 208 Å². The molecule has 182 valence electrons. The molecule has 2 N–H and O–H groups in total. The van der Waals surface area contributed by atoms with E-state index >= 15 is 0 Å². The van der Waals surface area contributed by atoms with Crippen LogP contribution >= 0.6 is 0 Å². The second-order valence-corrected chi connectivity index (χ2v) is 8.64. The van der Waals surface area contributed by atoms with Gasteiger partial charge in [0, 0.05) is 60.9 Å². The van der Waals surface area contributed by atoms with Gasteiger partial charge in [-0.15, -0.1) is 0 Å². The lowest BCUT2D eigenvalue weighted by Crippen LogP contribution is -2.44. The summed E-state index contributed by atoms with van der Waals surface area (Å²) in [6.07, 6.45) is 4.51. The third kappa shape index (κ3) is 5.01. The Hall–Kier alpha value is -4.37. The molecular formula is C27H26FN7O. The zero-order valence-electron chi connectivity index (χ0n) is 19.9. The van der Waals surface area contributed by atoms with Crippen LogP contribution in [0.3, 0.4) is 0 Å². The molecule has 1 saturated heterocycles. The highest BCUT2D eigenvalue weighted by molar-refractivity contribution is 5.99. The van der Waals surface area contributed by atoms with Gasteiger partial charge in [-0.3, -0.25) is 9.78 Å². The first-order valence-electron chi connectivity index (χ1n) is 11.7. The van der Waals surface area contributed by atoms with Crippen LogP contribution in [0, 0.1) is 5.82 Å². The number of piperazine rings is 1. The molecule has 3 heterocycles. The highest BCUT2D eigenvalue weighted by Crippen LogP contribution is 2.29. The second-order valence-electron chi connectivity index (χ2n) is 8.64. The maximum absolute atomic E-state index is 15.0. The lowest BCUT2D eigenvalue weighted by atomic mass is 10.1. The first kappa shape index (κ1) is 23.4. The summed E-state index contributed by atoms with van der Waals surface area (Å²) in [6.45, 7) is 7.11. The number of hydrogen-bond acceptors (Lipinski definition) is 7. The number of hydrogen-bond donors (Lipinski definition) is 2. The number of pyridine rings is 1. The second kappa shape index (κ2) is 10.1. The molecule has 1 aliphatic heterocycles. The van der Waals surface area contributed by atoms with Crippen LogP contribution in [-0.2, 0) is 4.79 Å². The molecule has 1 fully saturated rings. The fourth-order valence-corrected chi connectivity index (χ4v) is 4.16. The molecule has 36 heavy (non-hydrogen) atoms. The highest BCUT2D eigenvalue weighted by atomic mass is 19.1. The predicted molar refractivity (Wildman–Crippen MR) is 141 cm³/mol. The Morgan fingerprint density at radius 2 is 1.92 bits per heavy atom. The number of benzene rings is 2. The molecule has 8 nitrogen and oxygen atoms in total. The van der Waals surface area contributed by atoms with Crippen molar-refractivity contribution in [1.82, 2.24) is 19.9 Å². The van der Waals surface area contributed by atoms with E-state index in [1.165, 1.54) is 6.08 Å². The molecule has 0 unspecified atom stereocenters. The van der Waals surface area contributed by atoms with E-state index in [4.69, 9.17) is 0 Å². The molecule has 1 aliphatic rings. The van der Waals surface area contributed by atoms with Crippen LogP contribution in [0.1, 0.15) is 0 Å². The number of rotatable bonds is 6. The fourth-order valence-electron chi connectivity index (χ4n) is 4.16. The molecule has 9 heteroatoms. The number of halogens is 1. The zero-order chi connectivity index (χ0) is 25.1. The van der Waals surface area contributed by atoms with Crippen LogP contribution in [-0.4, -0.2) is 59.0 Å². The van der Waals surface area contributed by atoms with E-state index in [-0.39, 0.29) is 17.7 Å². The van der Waals surface area contributed by atoms with Crippen LogP contribution < -0.4 is 15.5 Å². The van der Waals surface area contributed by atoms with E-state index in [2.05, 4.69) is 49.0 Å². The molecule has 1 amide bonds. The monoisotopic (exact) mass is 483 g/mol. The smallest absolute Gasteiger partial charge is 0.247 e. The maximum Gasteiger partial charge on any atom is 0.247 e. The minimum atomic E-state index is -0.365. The molecule has 0 bridgehead atoms. The number of para-hydroxylation sites is 1. The Morgan fingerprint density at radius 1 is 1.08 bits per heavy atom. The largest absolute Gasteiger partial charge is 0.369 e. The van der Waals surface area contributed by atoms with Crippen molar-refractivity contribution in [2.75, 3.05) is 48.8 Å². The van der Waals surface area contributed by atoms with E-state index < -0.39 is 0 Å². The number of anilines is 4. The maximum atomic E-state index is 15.0. The molecule has 0 atom stereocenters. The Balaban J connectivity index is 1.42.